The largest absolute Gasteiger partial charge is 0.295 e. The highest BCUT2D eigenvalue weighted by Crippen LogP contribution is 2.34. The monoisotopic (exact) mass is 324 g/mol. The number of aromatic amines is 1. The summed E-state index contributed by atoms with van der Waals surface area (Å²) in [6.45, 7) is 2.07. The zero-order valence-electron chi connectivity index (χ0n) is 10.7. The Balaban J connectivity index is 1.87. The van der Waals surface area contributed by atoms with E-state index in [-0.39, 0.29) is 12.1 Å². The molecule has 0 aromatic carbocycles. The maximum absolute atomic E-state index is 6.07. The molecule has 0 aliphatic carbocycles. The van der Waals surface area contributed by atoms with E-state index in [4.69, 9.17) is 11.6 Å². The van der Waals surface area contributed by atoms with Crippen LogP contribution >= 0.6 is 34.3 Å². The van der Waals surface area contributed by atoms with Crippen LogP contribution in [-0.4, -0.2) is 15.2 Å². The van der Waals surface area contributed by atoms with Crippen molar-refractivity contribution in [2.24, 2.45) is 0 Å². The molecule has 0 amide bonds. The zero-order chi connectivity index (χ0) is 13.9. The predicted octanol–water partition coefficient (Wildman–Crippen LogP) is 4.02. The number of thiophene rings is 2. The van der Waals surface area contributed by atoms with Crippen LogP contribution in [-0.2, 0) is 0 Å². The summed E-state index contributed by atoms with van der Waals surface area (Å²) in [5, 5.41) is 12.5. The number of hydrogen-bond acceptors (Lipinski definition) is 5. The van der Waals surface area contributed by atoms with Crippen LogP contribution in [0.3, 0.4) is 0 Å². The highest BCUT2D eigenvalue weighted by molar-refractivity contribution is 7.16. The molecule has 0 saturated carbocycles. The van der Waals surface area contributed by atoms with Crippen molar-refractivity contribution in [1.82, 2.24) is 20.5 Å². The van der Waals surface area contributed by atoms with E-state index in [0.29, 0.717) is 0 Å². The van der Waals surface area contributed by atoms with Gasteiger partial charge in [-0.05, 0) is 30.5 Å². The molecule has 2 unspecified atom stereocenters. The zero-order valence-corrected chi connectivity index (χ0v) is 13.1. The quantitative estimate of drug-likeness (QED) is 0.745. The third-order valence-electron chi connectivity index (χ3n) is 2.97. The molecule has 2 atom stereocenters. The van der Waals surface area contributed by atoms with Gasteiger partial charge in [-0.25, -0.2) is 4.98 Å². The minimum absolute atomic E-state index is 0.0745. The number of nitrogens with one attached hydrogen (secondary N) is 2. The van der Waals surface area contributed by atoms with Crippen LogP contribution in [0.1, 0.15) is 34.6 Å². The van der Waals surface area contributed by atoms with Crippen molar-refractivity contribution >= 4 is 34.3 Å². The van der Waals surface area contributed by atoms with Gasteiger partial charge in [0.25, 0.3) is 0 Å². The summed E-state index contributed by atoms with van der Waals surface area (Å²) in [4.78, 5) is 6.66. The highest BCUT2D eigenvalue weighted by atomic mass is 35.5. The second-order valence-electron chi connectivity index (χ2n) is 4.35. The Kier molecular flexibility index (Phi) is 4.16. The average Bonchev–Trinajstić information content (AvgIpc) is 3.17. The van der Waals surface area contributed by atoms with Gasteiger partial charge in [-0.1, -0.05) is 17.7 Å². The van der Waals surface area contributed by atoms with Gasteiger partial charge < -0.3 is 0 Å². The van der Waals surface area contributed by atoms with Gasteiger partial charge in [0.2, 0.25) is 0 Å². The first-order valence-corrected chi connectivity index (χ1v) is 8.21. The Hall–Kier alpha value is -1.21. The summed E-state index contributed by atoms with van der Waals surface area (Å²) >= 11 is 9.39. The van der Waals surface area contributed by atoms with E-state index in [0.717, 1.165) is 10.2 Å². The van der Waals surface area contributed by atoms with Gasteiger partial charge in [-0.3, -0.25) is 10.4 Å². The number of hydrogen-bond donors (Lipinski definition) is 2. The molecule has 7 heteroatoms. The van der Waals surface area contributed by atoms with Crippen molar-refractivity contribution in [3.8, 4) is 0 Å². The topological polar surface area (TPSA) is 53.6 Å². The lowest BCUT2D eigenvalue weighted by atomic mass is 10.1. The van der Waals surface area contributed by atoms with Crippen LogP contribution in [0.5, 0.6) is 0 Å². The minimum atomic E-state index is 0.0745. The average molecular weight is 325 g/mol. The second kappa shape index (κ2) is 6.05. The first-order valence-electron chi connectivity index (χ1n) is 6.14. The van der Waals surface area contributed by atoms with Gasteiger partial charge in [-0.2, -0.15) is 5.10 Å². The van der Waals surface area contributed by atoms with Crippen LogP contribution in [0.15, 0.2) is 36.0 Å². The summed E-state index contributed by atoms with van der Waals surface area (Å²) < 4.78 is 0.802. The summed E-state index contributed by atoms with van der Waals surface area (Å²) in [7, 11) is 0. The number of nitrogens with zero attached hydrogens (tertiary/aromatic N) is 2. The fraction of sp³-hybridized carbons (Fsp3) is 0.231. The van der Waals surface area contributed by atoms with Crippen molar-refractivity contribution < 1.29 is 0 Å². The van der Waals surface area contributed by atoms with Gasteiger partial charge in [0.15, 0.2) is 0 Å². The van der Waals surface area contributed by atoms with Crippen molar-refractivity contribution in [2.75, 3.05) is 0 Å². The first kappa shape index (κ1) is 13.8. The Morgan fingerprint density at radius 2 is 2.20 bits per heavy atom. The second-order valence-corrected chi connectivity index (χ2v) is 7.08. The molecule has 2 N–H and O–H groups in total. The van der Waals surface area contributed by atoms with Gasteiger partial charge in [0.05, 0.1) is 16.4 Å². The van der Waals surface area contributed by atoms with E-state index in [1.807, 2.05) is 6.07 Å². The minimum Gasteiger partial charge on any atom is -0.295 e. The lowest BCUT2D eigenvalue weighted by Gasteiger charge is -2.20. The molecule has 3 heterocycles. The molecule has 3 aromatic rings. The van der Waals surface area contributed by atoms with E-state index in [2.05, 4.69) is 51.0 Å². The number of halogens is 1. The van der Waals surface area contributed by atoms with Gasteiger partial charge >= 0.3 is 0 Å². The molecule has 3 aromatic heterocycles. The van der Waals surface area contributed by atoms with Crippen molar-refractivity contribution in [3.63, 3.8) is 0 Å². The van der Waals surface area contributed by atoms with Crippen LogP contribution < -0.4 is 5.32 Å². The molecule has 0 fully saturated rings. The van der Waals surface area contributed by atoms with Crippen molar-refractivity contribution in [3.05, 3.63) is 55.9 Å². The van der Waals surface area contributed by atoms with Gasteiger partial charge in [-0.15, -0.1) is 22.7 Å². The predicted molar refractivity (Wildman–Crippen MR) is 83.4 cm³/mol. The Bertz CT molecular complexity index is 648. The van der Waals surface area contributed by atoms with Crippen LogP contribution in [0.2, 0.25) is 4.34 Å². The molecule has 0 aliphatic heterocycles. The van der Waals surface area contributed by atoms with Crippen LogP contribution in [0.4, 0.5) is 0 Å². The molecule has 3 rings (SSSR count). The third-order valence-corrected chi connectivity index (χ3v) is 5.20. The lowest BCUT2D eigenvalue weighted by Crippen LogP contribution is -2.25. The molecular formula is C13H13ClN4S2. The van der Waals surface area contributed by atoms with E-state index < -0.39 is 0 Å². The third kappa shape index (κ3) is 2.93. The molecule has 0 bridgehead atoms. The molecule has 20 heavy (non-hydrogen) atoms. The standard InChI is InChI=1S/C13H13ClN4S2/c1-8(13-15-7-16-18-13)17-12(9-3-2-6-19-9)10-4-5-11(14)20-10/h2-8,12,17H,1H3,(H,15,16,18). The van der Waals surface area contributed by atoms with Gasteiger partial charge in [0, 0.05) is 9.75 Å². The van der Waals surface area contributed by atoms with E-state index in [1.54, 1.807) is 22.7 Å². The Morgan fingerprint density at radius 1 is 1.30 bits per heavy atom. The number of aromatic nitrogens is 3. The normalized spacial score (nSPS) is 14.3. The fourth-order valence-corrected chi connectivity index (χ4v) is 4.01. The summed E-state index contributed by atoms with van der Waals surface area (Å²) in [6, 6.07) is 8.38. The summed E-state index contributed by atoms with van der Waals surface area (Å²) in [6.07, 6.45) is 1.52. The molecular weight excluding hydrogens is 312 g/mol. The first-order chi connectivity index (χ1) is 9.74. The molecule has 0 aliphatic rings. The molecule has 0 spiro atoms. The maximum Gasteiger partial charge on any atom is 0.141 e. The summed E-state index contributed by atoms with van der Waals surface area (Å²) in [5.41, 5.74) is 0. The molecule has 0 radical (unpaired) electrons. The SMILES string of the molecule is CC(NC(c1cccs1)c1ccc(Cl)s1)c1ncn[nH]1. The van der Waals surface area contributed by atoms with E-state index in [9.17, 15) is 0 Å². The van der Waals surface area contributed by atoms with Crippen LogP contribution in [0, 0.1) is 0 Å². The smallest absolute Gasteiger partial charge is 0.141 e. The summed E-state index contributed by atoms with van der Waals surface area (Å²) in [5.74, 6) is 0.828. The Morgan fingerprint density at radius 3 is 2.80 bits per heavy atom. The molecule has 4 nitrogen and oxygen atoms in total. The molecule has 0 saturated heterocycles. The number of rotatable bonds is 5. The lowest BCUT2D eigenvalue weighted by molar-refractivity contribution is 0.506. The Labute approximate surface area is 129 Å². The highest BCUT2D eigenvalue weighted by Gasteiger charge is 2.21. The fourth-order valence-electron chi connectivity index (χ4n) is 2.00. The number of H-pyrrole nitrogens is 1. The van der Waals surface area contributed by atoms with E-state index in [1.165, 1.54) is 16.1 Å². The van der Waals surface area contributed by atoms with Gasteiger partial charge in [0.1, 0.15) is 12.2 Å². The van der Waals surface area contributed by atoms with Crippen molar-refractivity contribution in [1.29, 1.82) is 0 Å². The maximum atomic E-state index is 6.07. The van der Waals surface area contributed by atoms with E-state index >= 15 is 0 Å². The van der Waals surface area contributed by atoms with Crippen LogP contribution in [0.25, 0.3) is 0 Å². The molecule has 104 valence electrons. The van der Waals surface area contributed by atoms with Crippen molar-refractivity contribution in [2.45, 2.75) is 19.0 Å².